The average molecular weight is 358 g/mol. The van der Waals surface area contributed by atoms with Crippen LogP contribution in [0.15, 0.2) is 67.3 Å². The quantitative estimate of drug-likeness (QED) is 0.427. The summed E-state index contributed by atoms with van der Waals surface area (Å²) in [7, 11) is 4.76. The van der Waals surface area contributed by atoms with Crippen molar-refractivity contribution in [3.8, 4) is 17.6 Å². The fraction of sp³-hybridized carbons (Fsp3) is 0.0870. The van der Waals surface area contributed by atoms with Gasteiger partial charge in [-0.05, 0) is 47.5 Å². The van der Waals surface area contributed by atoms with Gasteiger partial charge in [0.05, 0.1) is 6.42 Å². The summed E-state index contributed by atoms with van der Waals surface area (Å²) in [5.41, 5.74) is 2.66. The van der Waals surface area contributed by atoms with Gasteiger partial charge in [-0.15, -0.1) is 0 Å². The summed E-state index contributed by atoms with van der Waals surface area (Å²) in [6.07, 6.45) is 4.29. The van der Waals surface area contributed by atoms with Crippen molar-refractivity contribution in [1.82, 2.24) is 0 Å². The molecule has 0 aliphatic carbocycles. The minimum atomic E-state index is -0.615. The van der Waals surface area contributed by atoms with E-state index in [1.807, 2.05) is 48.5 Å². The molecule has 2 aromatic carbocycles. The van der Waals surface area contributed by atoms with E-state index >= 15 is 0 Å². The van der Waals surface area contributed by atoms with Gasteiger partial charge in [-0.3, -0.25) is 4.79 Å². The molecule has 0 aliphatic rings. The van der Waals surface area contributed by atoms with E-state index < -0.39 is 5.97 Å². The summed E-state index contributed by atoms with van der Waals surface area (Å²) >= 11 is 0. The van der Waals surface area contributed by atoms with Crippen LogP contribution >= 0.6 is 0 Å². The van der Waals surface area contributed by atoms with E-state index in [0.29, 0.717) is 12.4 Å². The van der Waals surface area contributed by atoms with Gasteiger partial charge in [-0.25, -0.2) is 4.79 Å². The fourth-order valence-electron chi connectivity index (χ4n) is 2.04. The summed E-state index contributed by atoms with van der Waals surface area (Å²) in [5.74, 6) is 5.75. The zero-order valence-corrected chi connectivity index (χ0v) is 14.7. The molecule has 0 saturated heterocycles. The first kappa shape index (κ1) is 19.7. The maximum atomic E-state index is 11.1. The highest BCUT2D eigenvalue weighted by Gasteiger charge is 1.98. The molecule has 0 bridgehead atoms. The smallest absolute Gasteiger partial charge is 0.331 e. The second-order valence-corrected chi connectivity index (χ2v) is 5.47. The van der Waals surface area contributed by atoms with Crippen molar-refractivity contribution in [1.29, 1.82) is 0 Å². The third-order valence-corrected chi connectivity index (χ3v) is 3.49. The first-order valence-corrected chi connectivity index (χ1v) is 8.15. The van der Waals surface area contributed by atoms with Crippen LogP contribution in [-0.4, -0.2) is 11.8 Å². The molecule has 0 aromatic heterocycles. The van der Waals surface area contributed by atoms with Crippen molar-refractivity contribution in [2.45, 2.75) is 13.0 Å². The molecule has 0 N–H and O–H groups in total. The van der Waals surface area contributed by atoms with Crippen molar-refractivity contribution in [2.75, 3.05) is 0 Å². The number of esters is 1. The predicted octanol–water partition coefficient (Wildman–Crippen LogP) is 3.99. The third kappa shape index (κ3) is 7.05. The highest BCUT2D eigenvalue weighted by molar-refractivity contribution is 5.90. The van der Waals surface area contributed by atoms with Crippen LogP contribution in [-0.2, 0) is 20.9 Å². The van der Waals surface area contributed by atoms with Gasteiger partial charge in [0.25, 0.3) is 0 Å². The molecule has 0 fully saturated rings. The van der Waals surface area contributed by atoms with Gasteiger partial charge in [0.2, 0.25) is 0 Å². The summed E-state index contributed by atoms with van der Waals surface area (Å²) in [6, 6.07) is 14.9. The Hall–Kier alpha value is -3.58. The number of benzene rings is 2. The number of ketones is 1. The molecule has 0 saturated carbocycles. The predicted molar refractivity (Wildman–Crippen MR) is 103 cm³/mol. The highest BCUT2D eigenvalue weighted by Crippen LogP contribution is 2.15. The van der Waals surface area contributed by atoms with Gasteiger partial charge in [-0.1, -0.05) is 42.7 Å². The lowest BCUT2D eigenvalue weighted by molar-refractivity contribution is -0.132. The maximum Gasteiger partial charge on any atom is 0.331 e. The monoisotopic (exact) mass is 358 g/mol. The summed E-state index contributed by atoms with van der Waals surface area (Å²) in [6.45, 7) is 3.82. The molecule has 4 heteroatoms. The molecule has 2 aromatic rings. The van der Waals surface area contributed by atoms with Gasteiger partial charge >= 0.3 is 5.97 Å². The molecular weight excluding hydrogens is 340 g/mol. The zero-order chi connectivity index (χ0) is 19.5. The number of carbonyl (C=O) groups excluding carboxylic acids is 2. The van der Waals surface area contributed by atoms with Crippen LogP contribution in [0.1, 0.15) is 23.1 Å². The Balaban J connectivity index is 1.87. The van der Waals surface area contributed by atoms with Crippen molar-refractivity contribution in [3.05, 3.63) is 91.1 Å². The number of allylic oxidation sites excluding steroid dienone is 1. The van der Waals surface area contributed by atoms with Gasteiger partial charge in [0.1, 0.15) is 12.4 Å². The molecule has 0 atom stereocenters. The van der Waals surface area contributed by atoms with Crippen molar-refractivity contribution >= 4 is 17.8 Å². The Morgan fingerprint density at radius 3 is 2.41 bits per heavy atom. The molecule has 4 nitrogen and oxygen atoms in total. The molecular formula is C23H18O4. The van der Waals surface area contributed by atoms with Crippen LogP contribution < -0.4 is 4.74 Å². The topological polar surface area (TPSA) is 52.6 Å². The number of ether oxygens (including phenoxy) is 2. The Labute approximate surface area is 159 Å². The van der Waals surface area contributed by atoms with Crippen LogP contribution in [0.25, 0.3) is 6.08 Å². The second-order valence-electron chi connectivity index (χ2n) is 5.47. The minimum Gasteiger partial charge on any atom is -0.489 e. The lowest BCUT2D eigenvalue weighted by Crippen LogP contribution is -1.95. The molecule has 27 heavy (non-hydrogen) atoms. The third-order valence-electron chi connectivity index (χ3n) is 3.49. The van der Waals surface area contributed by atoms with Crippen molar-refractivity contribution in [3.63, 3.8) is 0 Å². The van der Waals surface area contributed by atoms with E-state index in [1.54, 1.807) is 6.08 Å². The SMILES string of the molecule is [CH]OC(=O)/C=C/c1ccc(OCc2ccc(C#CCC(=O)C=C)cc2)cc1. The number of hydrogen-bond acceptors (Lipinski definition) is 4. The Kier molecular flexibility index (Phi) is 7.62. The Morgan fingerprint density at radius 2 is 1.78 bits per heavy atom. The standard InChI is InChI=1S/C23H18O4/c1-3-21(24)6-4-5-18-7-9-20(10-8-18)17-27-22-14-11-19(12-15-22)13-16-23(25)26-2/h2-3,7-16H,1,6,17H2/b16-13+. The fourth-order valence-corrected chi connectivity index (χ4v) is 2.04. The molecule has 0 unspecified atom stereocenters. The van der Waals surface area contributed by atoms with Crippen molar-refractivity contribution in [2.24, 2.45) is 0 Å². The number of rotatable bonds is 7. The molecule has 2 rings (SSSR count). The van der Waals surface area contributed by atoms with Gasteiger partial charge < -0.3 is 9.47 Å². The first-order chi connectivity index (χ1) is 13.1. The second kappa shape index (κ2) is 10.4. The molecule has 0 aliphatic heterocycles. The van der Waals surface area contributed by atoms with E-state index in [1.165, 1.54) is 12.2 Å². The molecule has 0 spiro atoms. The van der Waals surface area contributed by atoms with Crippen LogP contribution in [0.3, 0.4) is 0 Å². The highest BCUT2D eigenvalue weighted by atomic mass is 16.5. The van der Waals surface area contributed by atoms with Crippen LogP contribution in [0.2, 0.25) is 0 Å². The summed E-state index contributed by atoms with van der Waals surface area (Å²) in [5, 5.41) is 0. The first-order valence-electron chi connectivity index (χ1n) is 8.15. The number of carbonyl (C=O) groups is 2. The van der Waals surface area contributed by atoms with E-state index in [-0.39, 0.29) is 12.2 Å². The Morgan fingerprint density at radius 1 is 1.07 bits per heavy atom. The lowest BCUT2D eigenvalue weighted by atomic mass is 10.1. The van der Waals surface area contributed by atoms with Crippen LogP contribution in [0, 0.1) is 19.0 Å². The lowest BCUT2D eigenvalue weighted by Gasteiger charge is -2.06. The van der Waals surface area contributed by atoms with Crippen molar-refractivity contribution < 1.29 is 19.1 Å². The van der Waals surface area contributed by atoms with Crippen LogP contribution in [0.5, 0.6) is 5.75 Å². The zero-order valence-electron chi connectivity index (χ0n) is 14.7. The minimum absolute atomic E-state index is 0.0895. The van der Waals surface area contributed by atoms with E-state index in [9.17, 15) is 9.59 Å². The van der Waals surface area contributed by atoms with Gasteiger partial charge in [0.15, 0.2) is 12.9 Å². The van der Waals surface area contributed by atoms with Gasteiger partial charge in [-0.2, -0.15) is 0 Å². The van der Waals surface area contributed by atoms with E-state index in [0.717, 1.165) is 16.7 Å². The van der Waals surface area contributed by atoms with Crippen LogP contribution in [0.4, 0.5) is 0 Å². The normalized spacial score (nSPS) is 9.96. The maximum absolute atomic E-state index is 11.1. The van der Waals surface area contributed by atoms with E-state index in [2.05, 4.69) is 23.2 Å². The molecule has 134 valence electrons. The Bertz CT molecular complexity index is 879. The molecule has 0 amide bonds. The average Bonchev–Trinajstić information content (AvgIpc) is 2.72. The molecule has 0 heterocycles. The summed E-state index contributed by atoms with van der Waals surface area (Å²) < 4.78 is 9.78. The summed E-state index contributed by atoms with van der Waals surface area (Å²) in [4.78, 5) is 22.1. The van der Waals surface area contributed by atoms with Gasteiger partial charge in [0, 0.05) is 11.6 Å². The van der Waals surface area contributed by atoms with E-state index in [4.69, 9.17) is 11.8 Å². The largest absolute Gasteiger partial charge is 0.489 e. The molecule has 2 radical (unpaired) electrons. The number of hydrogen-bond donors (Lipinski definition) is 0.